The first kappa shape index (κ1) is 34.7. The van der Waals surface area contributed by atoms with Crippen LogP contribution in [0.2, 0.25) is 0 Å². The Morgan fingerprint density at radius 3 is 2.22 bits per heavy atom. The molecular formula is C35H27F3O13. The summed E-state index contributed by atoms with van der Waals surface area (Å²) in [5.41, 5.74) is -1.33. The van der Waals surface area contributed by atoms with Crippen molar-refractivity contribution in [2.24, 2.45) is 0 Å². The van der Waals surface area contributed by atoms with E-state index in [0.29, 0.717) is 17.7 Å². The topological polar surface area (TPSA) is 188 Å². The summed E-state index contributed by atoms with van der Waals surface area (Å²) < 4.78 is 73.7. The maximum atomic E-state index is 13.3. The number of ketones is 1. The van der Waals surface area contributed by atoms with Crippen molar-refractivity contribution in [3.05, 3.63) is 94.5 Å². The van der Waals surface area contributed by atoms with E-state index < -0.39 is 77.5 Å². The lowest BCUT2D eigenvalue weighted by Crippen LogP contribution is -2.38. The molecule has 16 heteroatoms. The van der Waals surface area contributed by atoms with Crippen molar-refractivity contribution < 1.29 is 76.4 Å². The van der Waals surface area contributed by atoms with Crippen LogP contribution in [0.5, 0.6) is 46.0 Å². The van der Waals surface area contributed by atoms with Crippen LogP contribution in [0.1, 0.15) is 56.5 Å². The van der Waals surface area contributed by atoms with Gasteiger partial charge < -0.3 is 48.8 Å². The number of ether oxygens (including phenoxy) is 6. The fourth-order valence-corrected chi connectivity index (χ4v) is 5.61. The third kappa shape index (κ3) is 6.85. The molecule has 0 spiro atoms. The summed E-state index contributed by atoms with van der Waals surface area (Å²) >= 11 is 0. The van der Waals surface area contributed by atoms with Crippen molar-refractivity contribution in [3.63, 3.8) is 0 Å². The van der Waals surface area contributed by atoms with Crippen LogP contribution in [0.25, 0.3) is 0 Å². The molecule has 0 aliphatic carbocycles. The molecule has 0 bridgehead atoms. The van der Waals surface area contributed by atoms with E-state index in [-0.39, 0.29) is 45.6 Å². The third-order valence-electron chi connectivity index (χ3n) is 7.98. The van der Waals surface area contributed by atoms with Crippen molar-refractivity contribution >= 4 is 17.7 Å². The Kier molecular flexibility index (Phi) is 9.03. The van der Waals surface area contributed by atoms with Gasteiger partial charge in [-0.15, -0.1) is 0 Å². The van der Waals surface area contributed by atoms with E-state index in [4.69, 9.17) is 28.4 Å². The molecule has 4 aromatic rings. The number of methoxy groups -OCH3 is 1. The molecule has 2 heterocycles. The van der Waals surface area contributed by atoms with Crippen LogP contribution in [-0.4, -0.2) is 64.1 Å². The number of hydrogen-bond acceptors (Lipinski definition) is 13. The first-order chi connectivity index (χ1) is 24.1. The number of aliphatic hydroxyl groups is 1. The van der Waals surface area contributed by atoms with Gasteiger partial charge in [0, 0.05) is 24.6 Å². The lowest BCUT2D eigenvalue weighted by Gasteiger charge is -2.35. The van der Waals surface area contributed by atoms with E-state index in [1.165, 1.54) is 43.5 Å². The average molecular weight is 713 g/mol. The van der Waals surface area contributed by atoms with Crippen molar-refractivity contribution in [2.45, 2.75) is 37.5 Å². The van der Waals surface area contributed by atoms with Crippen LogP contribution in [0, 0.1) is 0 Å². The number of fused-ring (bicyclic) bond motifs is 2. The van der Waals surface area contributed by atoms with Crippen molar-refractivity contribution in [2.75, 3.05) is 13.7 Å². The molecule has 13 nitrogen and oxygen atoms in total. The summed E-state index contributed by atoms with van der Waals surface area (Å²) in [4.78, 5) is 37.7. The summed E-state index contributed by atoms with van der Waals surface area (Å²) in [6.45, 7) is 0.409. The highest BCUT2D eigenvalue weighted by molar-refractivity contribution is 6.05. The standard InChI is InChI=1S/C35H27F3O13/c1-15(39)48-24-11-18(35(36,37)38)5-6-20(24)34(45)47-14-28-32(16-3-7-21(41)25(9-16)46-2)50-26-10-17(4-8-23(26)49-28)33-31(44)30(43)29-22(42)12-19(40)13-27(29)51-33/h3-13,28,31-33,40-42,44H,14H2,1-2H3/t28-,31+,32-,33-/m0/s1. The van der Waals surface area contributed by atoms with Gasteiger partial charge in [-0.3, -0.25) is 9.59 Å². The molecule has 0 fully saturated rings. The van der Waals surface area contributed by atoms with Gasteiger partial charge in [0.05, 0.1) is 12.7 Å². The normalized spacial score (nSPS) is 19.4. The largest absolute Gasteiger partial charge is 0.508 e. The highest BCUT2D eigenvalue weighted by atomic mass is 19.4. The summed E-state index contributed by atoms with van der Waals surface area (Å²) in [6, 6.07) is 12.5. The number of benzene rings is 4. The fourth-order valence-electron chi connectivity index (χ4n) is 5.61. The zero-order valence-corrected chi connectivity index (χ0v) is 26.5. The van der Waals surface area contributed by atoms with Gasteiger partial charge in [-0.1, -0.05) is 12.1 Å². The highest BCUT2D eigenvalue weighted by Crippen LogP contribution is 2.46. The van der Waals surface area contributed by atoms with Crippen LogP contribution >= 0.6 is 0 Å². The van der Waals surface area contributed by atoms with E-state index in [1.54, 1.807) is 0 Å². The second kappa shape index (κ2) is 13.3. The van der Waals surface area contributed by atoms with E-state index in [2.05, 4.69) is 0 Å². The van der Waals surface area contributed by atoms with Crippen LogP contribution in [0.15, 0.2) is 66.7 Å². The number of halogens is 3. The molecule has 4 N–H and O–H groups in total. The zero-order valence-electron chi connectivity index (χ0n) is 26.5. The Morgan fingerprint density at radius 1 is 0.804 bits per heavy atom. The van der Waals surface area contributed by atoms with Gasteiger partial charge in [0.15, 0.2) is 47.4 Å². The quantitative estimate of drug-likeness (QED) is 0.145. The molecule has 0 saturated carbocycles. The lowest BCUT2D eigenvalue weighted by atomic mass is 9.92. The predicted molar refractivity (Wildman–Crippen MR) is 165 cm³/mol. The lowest BCUT2D eigenvalue weighted by molar-refractivity contribution is -0.138. The molecule has 0 saturated heterocycles. The van der Waals surface area contributed by atoms with Crippen LogP contribution < -0.4 is 23.7 Å². The van der Waals surface area contributed by atoms with Gasteiger partial charge in [0.1, 0.15) is 40.7 Å². The first-order valence-electron chi connectivity index (χ1n) is 15.0. The molecule has 2 aliphatic rings. The number of esters is 2. The second-order valence-corrected chi connectivity index (χ2v) is 11.4. The molecule has 0 unspecified atom stereocenters. The number of Topliss-reactive ketones (excluding diaryl/α,β-unsaturated/α-hetero) is 1. The zero-order chi connectivity index (χ0) is 36.8. The minimum Gasteiger partial charge on any atom is -0.508 e. The average Bonchev–Trinajstić information content (AvgIpc) is 3.07. The van der Waals surface area contributed by atoms with Gasteiger partial charge in [-0.05, 0) is 48.0 Å². The number of carbonyl (C=O) groups is 3. The fraction of sp³-hybridized carbons (Fsp3) is 0.229. The van der Waals surface area contributed by atoms with Gasteiger partial charge in [0.2, 0.25) is 5.78 Å². The molecule has 0 aromatic heterocycles. The van der Waals surface area contributed by atoms with Gasteiger partial charge >= 0.3 is 18.1 Å². The summed E-state index contributed by atoms with van der Waals surface area (Å²) in [5.74, 6) is -4.69. The molecule has 51 heavy (non-hydrogen) atoms. The van der Waals surface area contributed by atoms with Crippen molar-refractivity contribution in [1.29, 1.82) is 0 Å². The molecule has 0 amide bonds. The Hall–Kier alpha value is -6.16. The number of carbonyl (C=O) groups excluding carboxylic acids is 3. The van der Waals surface area contributed by atoms with Crippen molar-refractivity contribution in [3.8, 4) is 46.0 Å². The molecular weight excluding hydrogens is 685 g/mol. The number of aliphatic hydroxyl groups excluding tert-OH is 1. The minimum atomic E-state index is -4.79. The predicted octanol–water partition coefficient (Wildman–Crippen LogP) is 5.17. The maximum Gasteiger partial charge on any atom is 0.416 e. The van der Waals surface area contributed by atoms with E-state index >= 15 is 0 Å². The van der Waals surface area contributed by atoms with E-state index in [1.807, 2.05) is 0 Å². The molecule has 0 radical (unpaired) electrons. The Labute approximate surface area is 285 Å². The summed E-state index contributed by atoms with van der Waals surface area (Å²) in [5, 5.41) is 41.1. The molecule has 6 rings (SSSR count). The molecule has 4 aromatic carbocycles. The van der Waals surface area contributed by atoms with Gasteiger partial charge in [0.25, 0.3) is 0 Å². The number of aromatic hydroxyl groups is 3. The van der Waals surface area contributed by atoms with Gasteiger partial charge in [-0.25, -0.2) is 4.79 Å². The van der Waals surface area contributed by atoms with Crippen LogP contribution in [-0.2, 0) is 15.7 Å². The Morgan fingerprint density at radius 2 is 1.51 bits per heavy atom. The van der Waals surface area contributed by atoms with Crippen molar-refractivity contribution in [1.82, 2.24) is 0 Å². The highest BCUT2D eigenvalue weighted by Gasteiger charge is 2.41. The monoisotopic (exact) mass is 712 g/mol. The summed E-state index contributed by atoms with van der Waals surface area (Å²) in [7, 11) is 1.32. The molecule has 266 valence electrons. The number of hydrogen-bond donors (Lipinski definition) is 4. The number of alkyl halides is 3. The Bertz CT molecular complexity index is 2040. The number of phenolic OH excluding ortho intramolecular Hbond substituents is 3. The molecule has 2 aliphatic heterocycles. The van der Waals surface area contributed by atoms with Gasteiger partial charge in [-0.2, -0.15) is 13.2 Å². The first-order valence-corrected chi connectivity index (χ1v) is 15.0. The van der Waals surface area contributed by atoms with E-state index in [0.717, 1.165) is 25.1 Å². The third-order valence-corrected chi connectivity index (χ3v) is 7.98. The van der Waals surface area contributed by atoms with Crippen LogP contribution in [0.3, 0.4) is 0 Å². The number of rotatable bonds is 7. The minimum absolute atomic E-state index is 0.0598. The second-order valence-electron chi connectivity index (χ2n) is 11.4. The van der Waals surface area contributed by atoms with E-state index in [9.17, 15) is 48.0 Å². The van der Waals surface area contributed by atoms with Crippen LogP contribution in [0.4, 0.5) is 13.2 Å². The smallest absolute Gasteiger partial charge is 0.416 e. The Balaban J connectivity index is 1.30. The maximum absolute atomic E-state index is 13.3. The summed E-state index contributed by atoms with van der Waals surface area (Å²) in [6.07, 6.45) is -10.1. The SMILES string of the molecule is COc1cc([C@@H]2Oc3cc([C@@H]4Oc5cc(O)cc(O)c5C(=O)[C@H]4O)ccc3O[C@H]2COC(=O)c2ccc(C(F)(F)F)cc2OC(C)=O)ccc1O. The number of phenols is 3. The molecule has 4 atom stereocenters.